The SMILES string of the molecule is CCCCCCNC(=O)NCC1CCCC(CNC(=O)NCCCCCC)C1. The van der Waals surface area contributed by atoms with Crippen LogP contribution in [0.3, 0.4) is 0 Å². The van der Waals surface area contributed by atoms with Crippen LogP contribution < -0.4 is 21.3 Å². The van der Waals surface area contributed by atoms with E-state index in [1.807, 2.05) is 0 Å². The van der Waals surface area contributed by atoms with Crippen molar-refractivity contribution in [3.05, 3.63) is 0 Å². The highest BCUT2D eigenvalue weighted by molar-refractivity contribution is 5.74. The molecule has 0 radical (unpaired) electrons. The van der Waals surface area contributed by atoms with Crippen molar-refractivity contribution >= 4 is 12.1 Å². The Labute approximate surface area is 172 Å². The number of hydrogen-bond acceptors (Lipinski definition) is 2. The van der Waals surface area contributed by atoms with Gasteiger partial charge in [-0.25, -0.2) is 9.59 Å². The second-order valence-electron chi connectivity index (χ2n) is 8.29. The third-order valence-electron chi connectivity index (χ3n) is 5.63. The fourth-order valence-electron chi connectivity index (χ4n) is 3.88. The molecule has 1 aliphatic carbocycles. The second-order valence-corrected chi connectivity index (χ2v) is 8.29. The smallest absolute Gasteiger partial charge is 0.314 e. The predicted octanol–water partition coefficient (Wildman–Crippen LogP) is 4.55. The van der Waals surface area contributed by atoms with Gasteiger partial charge in [0.25, 0.3) is 0 Å². The average molecular weight is 397 g/mol. The molecule has 2 unspecified atom stereocenters. The van der Waals surface area contributed by atoms with Gasteiger partial charge in [0.2, 0.25) is 0 Å². The topological polar surface area (TPSA) is 82.3 Å². The molecule has 0 aromatic carbocycles. The molecule has 6 heteroatoms. The average Bonchev–Trinajstić information content (AvgIpc) is 2.71. The van der Waals surface area contributed by atoms with Gasteiger partial charge in [-0.15, -0.1) is 0 Å². The van der Waals surface area contributed by atoms with Crippen molar-refractivity contribution in [2.75, 3.05) is 26.2 Å². The number of hydrogen-bond donors (Lipinski definition) is 4. The summed E-state index contributed by atoms with van der Waals surface area (Å²) in [5.41, 5.74) is 0. The molecule has 1 saturated carbocycles. The van der Waals surface area contributed by atoms with Crippen molar-refractivity contribution in [2.45, 2.75) is 90.9 Å². The monoisotopic (exact) mass is 396 g/mol. The van der Waals surface area contributed by atoms with Gasteiger partial charge in [-0.05, 0) is 43.9 Å². The normalized spacial score (nSPS) is 19.1. The lowest BCUT2D eigenvalue weighted by Gasteiger charge is -2.29. The van der Waals surface area contributed by atoms with E-state index in [-0.39, 0.29) is 12.1 Å². The Kier molecular flexibility index (Phi) is 14.5. The van der Waals surface area contributed by atoms with Crippen LogP contribution >= 0.6 is 0 Å². The van der Waals surface area contributed by atoms with E-state index in [2.05, 4.69) is 35.1 Å². The summed E-state index contributed by atoms with van der Waals surface area (Å²) in [5.74, 6) is 1.03. The third kappa shape index (κ3) is 12.8. The molecule has 1 fully saturated rings. The summed E-state index contributed by atoms with van der Waals surface area (Å²) < 4.78 is 0. The minimum absolute atomic E-state index is 0.0424. The Morgan fingerprint density at radius 2 is 1.14 bits per heavy atom. The molecule has 28 heavy (non-hydrogen) atoms. The molecule has 1 rings (SSSR count). The standard InChI is InChI=1S/C22H44N4O2/c1-3-5-7-9-14-23-21(27)25-17-19-12-11-13-20(16-19)18-26-22(28)24-15-10-8-6-4-2/h19-20H,3-18H2,1-2H3,(H2,23,25,27)(H2,24,26,28). The van der Waals surface area contributed by atoms with Crippen LogP contribution in [0.5, 0.6) is 0 Å². The van der Waals surface area contributed by atoms with Gasteiger partial charge in [0, 0.05) is 26.2 Å². The van der Waals surface area contributed by atoms with Gasteiger partial charge in [-0.1, -0.05) is 58.8 Å². The lowest BCUT2D eigenvalue weighted by molar-refractivity contribution is 0.221. The maximum Gasteiger partial charge on any atom is 0.314 e. The quantitative estimate of drug-likeness (QED) is 0.325. The molecule has 0 saturated heterocycles. The molecule has 2 atom stereocenters. The van der Waals surface area contributed by atoms with E-state index < -0.39 is 0 Å². The molecule has 4 amide bonds. The van der Waals surface area contributed by atoms with E-state index in [4.69, 9.17) is 0 Å². The maximum atomic E-state index is 11.9. The van der Waals surface area contributed by atoms with Gasteiger partial charge < -0.3 is 21.3 Å². The highest BCUT2D eigenvalue weighted by atomic mass is 16.2. The van der Waals surface area contributed by atoms with Crippen LogP contribution in [0.15, 0.2) is 0 Å². The van der Waals surface area contributed by atoms with Gasteiger partial charge in [-0.3, -0.25) is 0 Å². The summed E-state index contributed by atoms with van der Waals surface area (Å²) in [6, 6.07) is -0.0848. The van der Waals surface area contributed by atoms with Crippen molar-refractivity contribution in [3.8, 4) is 0 Å². The molecule has 164 valence electrons. The number of carbonyl (C=O) groups is 2. The third-order valence-corrected chi connectivity index (χ3v) is 5.63. The Morgan fingerprint density at radius 3 is 1.57 bits per heavy atom. The summed E-state index contributed by atoms with van der Waals surface area (Å²) in [6.45, 7) is 7.37. The van der Waals surface area contributed by atoms with Crippen LogP contribution in [0, 0.1) is 11.8 Å². The molecule has 0 aromatic rings. The van der Waals surface area contributed by atoms with Crippen molar-refractivity contribution in [2.24, 2.45) is 11.8 Å². The van der Waals surface area contributed by atoms with Crippen LogP contribution in [-0.4, -0.2) is 38.2 Å². The summed E-state index contributed by atoms with van der Waals surface area (Å²) >= 11 is 0. The number of amides is 4. The maximum absolute atomic E-state index is 11.9. The van der Waals surface area contributed by atoms with E-state index >= 15 is 0 Å². The zero-order valence-corrected chi connectivity index (χ0v) is 18.3. The molecular weight excluding hydrogens is 352 g/mol. The molecule has 0 bridgehead atoms. The second kappa shape index (κ2) is 16.5. The van der Waals surface area contributed by atoms with Crippen molar-refractivity contribution < 1.29 is 9.59 Å². The van der Waals surface area contributed by atoms with Gasteiger partial charge >= 0.3 is 12.1 Å². The zero-order valence-electron chi connectivity index (χ0n) is 18.3. The fourth-order valence-corrected chi connectivity index (χ4v) is 3.88. The molecule has 4 N–H and O–H groups in total. The van der Waals surface area contributed by atoms with Crippen LogP contribution in [0.2, 0.25) is 0 Å². The fraction of sp³-hybridized carbons (Fsp3) is 0.909. The van der Waals surface area contributed by atoms with E-state index in [9.17, 15) is 9.59 Å². The lowest BCUT2D eigenvalue weighted by atomic mass is 9.81. The number of unbranched alkanes of at least 4 members (excludes halogenated alkanes) is 6. The Balaban J connectivity index is 2.08. The summed E-state index contributed by atoms with van der Waals surface area (Å²) in [4.78, 5) is 23.8. The number of nitrogens with one attached hydrogen (secondary N) is 4. The molecule has 0 heterocycles. The first kappa shape index (κ1) is 24.6. The first-order valence-electron chi connectivity index (χ1n) is 11.7. The lowest BCUT2D eigenvalue weighted by Crippen LogP contribution is -2.42. The number of urea groups is 2. The van der Waals surface area contributed by atoms with Crippen LogP contribution in [0.1, 0.15) is 90.9 Å². The largest absolute Gasteiger partial charge is 0.338 e. The summed E-state index contributed by atoms with van der Waals surface area (Å²) in [6.07, 6.45) is 13.9. The van der Waals surface area contributed by atoms with Crippen molar-refractivity contribution in [1.29, 1.82) is 0 Å². The summed E-state index contributed by atoms with van der Waals surface area (Å²) in [5, 5.41) is 11.9. The Morgan fingerprint density at radius 1 is 0.679 bits per heavy atom. The van der Waals surface area contributed by atoms with Crippen LogP contribution in [0.4, 0.5) is 9.59 Å². The molecule has 0 aromatic heterocycles. The minimum Gasteiger partial charge on any atom is -0.338 e. The molecular formula is C22H44N4O2. The van der Waals surface area contributed by atoms with Gasteiger partial charge in [0.15, 0.2) is 0 Å². The predicted molar refractivity (Wildman–Crippen MR) is 117 cm³/mol. The van der Waals surface area contributed by atoms with Gasteiger partial charge in [0.1, 0.15) is 0 Å². The summed E-state index contributed by atoms with van der Waals surface area (Å²) in [7, 11) is 0. The molecule has 1 aliphatic rings. The van der Waals surface area contributed by atoms with Crippen LogP contribution in [-0.2, 0) is 0 Å². The van der Waals surface area contributed by atoms with E-state index in [1.54, 1.807) is 0 Å². The minimum atomic E-state index is -0.0424. The van der Waals surface area contributed by atoms with E-state index in [0.29, 0.717) is 11.8 Å². The number of rotatable bonds is 14. The Hall–Kier alpha value is -1.46. The van der Waals surface area contributed by atoms with Crippen LogP contribution in [0.25, 0.3) is 0 Å². The zero-order chi connectivity index (χ0) is 20.5. The molecule has 0 spiro atoms. The first-order valence-corrected chi connectivity index (χ1v) is 11.7. The highest BCUT2D eigenvalue weighted by Crippen LogP contribution is 2.28. The van der Waals surface area contributed by atoms with Crippen molar-refractivity contribution in [1.82, 2.24) is 21.3 Å². The Bertz CT molecular complexity index is 381. The van der Waals surface area contributed by atoms with Crippen molar-refractivity contribution in [3.63, 3.8) is 0 Å². The number of carbonyl (C=O) groups excluding carboxylic acids is 2. The van der Waals surface area contributed by atoms with E-state index in [0.717, 1.165) is 58.3 Å². The molecule has 6 nitrogen and oxygen atoms in total. The van der Waals surface area contributed by atoms with E-state index in [1.165, 1.54) is 44.9 Å². The van der Waals surface area contributed by atoms with Gasteiger partial charge in [0.05, 0.1) is 0 Å². The molecule has 0 aliphatic heterocycles. The highest BCUT2D eigenvalue weighted by Gasteiger charge is 2.22. The van der Waals surface area contributed by atoms with Gasteiger partial charge in [-0.2, -0.15) is 0 Å². The first-order chi connectivity index (χ1) is 13.7.